The second-order valence-electron chi connectivity index (χ2n) is 8.66. The molecule has 0 saturated carbocycles. The Balaban J connectivity index is 0.000000173. The van der Waals surface area contributed by atoms with Gasteiger partial charge in [0.2, 0.25) is 0 Å². The molecule has 192 valence electrons. The lowest BCUT2D eigenvalue weighted by Crippen LogP contribution is -2.13. The van der Waals surface area contributed by atoms with Crippen LogP contribution in [0, 0.1) is 0 Å². The Bertz CT molecular complexity index is 1430. The summed E-state index contributed by atoms with van der Waals surface area (Å²) < 4.78 is 4.84. The van der Waals surface area contributed by atoms with Crippen LogP contribution >= 0.6 is 79.6 Å². The van der Waals surface area contributed by atoms with Crippen molar-refractivity contribution in [2.45, 2.75) is 24.9 Å². The summed E-state index contributed by atoms with van der Waals surface area (Å²) in [7, 11) is 0. The molecule has 1 aliphatic rings. The Morgan fingerprint density at radius 3 is 2.05 bits per heavy atom. The number of hydrogen-bond donors (Lipinski definition) is 4. The predicted octanol–water partition coefficient (Wildman–Crippen LogP) is 9.55. The van der Waals surface area contributed by atoms with E-state index >= 15 is 0 Å². The van der Waals surface area contributed by atoms with Crippen molar-refractivity contribution in [3.8, 4) is 11.5 Å². The van der Waals surface area contributed by atoms with Crippen LogP contribution in [0.5, 0.6) is 11.5 Å². The van der Waals surface area contributed by atoms with Gasteiger partial charge >= 0.3 is 0 Å². The zero-order valence-electron chi connectivity index (χ0n) is 19.4. The van der Waals surface area contributed by atoms with Crippen molar-refractivity contribution < 1.29 is 10.2 Å². The van der Waals surface area contributed by atoms with Crippen molar-refractivity contribution >= 4 is 85.3 Å². The Morgan fingerprint density at radius 1 is 0.757 bits per heavy atom. The van der Waals surface area contributed by atoms with Crippen LogP contribution in [-0.2, 0) is 12.8 Å². The van der Waals surface area contributed by atoms with Crippen molar-refractivity contribution in [2.24, 2.45) is 5.73 Å². The fraction of sp³-hybridized carbons (Fsp3) is 0.143. The third-order valence-corrected chi connectivity index (χ3v) is 8.78. The normalized spacial score (nSPS) is 14.8. The first-order valence-corrected chi connectivity index (χ1v) is 15.3. The molecular weight excluding hydrogens is 796 g/mol. The molecule has 4 nitrogen and oxygen atoms in total. The van der Waals surface area contributed by atoms with Gasteiger partial charge in [-0.1, -0.05) is 91.8 Å². The summed E-state index contributed by atoms with van der Waals surface area (Å²) in [5.74, 6) is 0.543. The van der Waals surface area contributed by atoms with Gasteiger partial charge in [0, 0.05) is 45.2 Å². The van der Waals surface area contributed by atoms with E-state index in [1.807, 2.05) is 48.5 Å². The molecule has 0 unspecified atom stereocenters. The monoisotopic (exact) mass is 814 g/mol. The molecule has 9 heteroatoms. The standard InChI is InChI=1S/C14H12Br3NO.C14H11Br2NO/c15-9-2-4-12(17)8(5-9)6-13(18)11-3-1-10(16)7-14(11)19;15-9-2-4-12-8(5-9)6-13(17-12)11-3-1-10(16)7-14(11)18/h1-5,7,13,19H,6,18H2;1-5,7,13,17-18H,6H2/t2*13-/m11/s1. The van der Waals surface area contributed by atoms with Crippen molar-refractivity contribution in [3.63, 3.8) is 0 Å². The van der Waals surface area contributed by atoms with Gasteiger partial charge in [0.15, 0.2) is 0 Å². The molecule has 4 aromatic carbocycles. The molecule has 2 atom stereocenters. The van der Waals surface area contributed by atoms with Crippen molar-refractivity contribution in [3.05, 3.63) is 117 Å². The third kappa shape index (κ3) is 7.40. The minimum atomic E-state index is -0.251. The fourth-order valence-electron chi connectivity index (χ4n) is 4.21. The largest absolute Gasteiger partial charge is 0.508 e. The summed E-state index contributed by atoms with van der Waals surface area (Å²) in [5, 5.41) is 23.4. The number of rotatable bonds is 4. The third-order valence-electron chi connectivity index (χ3n) is 6.03. The second kappa shape index (κ2) is 12.7. The van der Waals surface area contributed by atoms with E-state index in [0.717, 1.165) is 51.2 Å². The molecule has 0 aromatic heterocycles. The Morgan fingerprint density at radius 2 is 1.35 bits per heavy atom. The van der Waals surface area contributed by atoms with E-state index in [1.165, 1.54) is 5.56 Å². The van der Waals surface area contributed by atoms with Crippen molar-refractivity contribution in [1.29, 1.82) is 0 Å². The van der Waals surface area contributed by atoms with Crippen molar-refractivity contribution in [1.82, 2.24) is 0 Å². The summed E-state index contributed by atoms with van der Waals surface area (Å²) in [4.78, 5) is 0. The molecule has 0 saturated heterocycles. The summed E-state index contributed by atoms with van der Waals surface area (Å²) in [6, 6.07) is 23.1. The van der Waals surface area contributed by atoms with Crippen LogP contribution in [0.3, 0.4) is 0 Å². The minimum Gasteiger partial charge on any atom is -0.508 e. The van der Waals surface area contributed by atoms with Crippen LogP contribution in [0.2, 0.25) is 0 Å². The van der Waals surface area contributed by atoms with Gasteiger partial charge in [-0.25, -0.2) is 0 Å². The topological polar surface area (TPSA) is 78.5 Å². The highest BCUT2D eigenvalue weighted by molar-refractivity contribution is 9.11. The van der Waals surface area contributed by atoms with Gasteiger partial charge in [-0.2, -0.15) is 0 Å². The highest BCUT2D eigenvalue weighted by atomic mass is 79.9. The zero-order valence-corrected chi connectivity index (χ0v) is 27.3. The molecule has 0 spiro atoms. The molecule has 0 bridgehead atoms. The number of aromatic hydroxyl groups is 2. The molecule has 0 radical (unpaired) electrons. The molecule has 0 fully saturated rings. The molecule has 4 aromatic rings. The van der Waals surface area contributed by atoms with Gasteiger partial charge in [0.05, 0.1) is 6.04 Å². The number of halogens is 5. The van der Waals surface area contributed by atoms with Crippen LogP contribution in [0.4, 0.5) is 5.69 Å². The maximum absolute atomic E-state index is 10.0. The number of nitrogens with one attached hydrogen (secondary N) is 1. The number of phenolic OH excluding ortho intramolecular Hbond substituents is 2. The fourth-order valence-corrected chi connectivity index (χ4v) is 6.13. The highest BCUT2D eigenvalue weighted by Crippen LogP contribution is 2.39. The minimum absolute atomic E-state index is 0.141. The van der Waals surface area contributed by atoms with Gasteiger partial charge < -0.3 is 21.3 Å². The number of benzene rings is 4. The van der Waals surface area contributed by atoms with Gasteiger partial charge in [-0.15, -0.1) is 0 Å². The average Bonchev–Trinajstić information content (AvgIpc) is 3.24. The lowest BCUT2D eigenvalue weighted by molar-refractivity contribution is 0.460. The van der Waals surface area contributed by atoms with Crippen LogP contribution in [0.1, 0.15) is 34.3 Å². The van der Waals surface area contributed by atoms with E-state index in [1.54, 1.807) is 12.1 Å². The van der Waals surface area contributed by atoms with E-state index < -0.39 is 0 Å². The second-order valence-corrected chi connectivity index (χ2v) is 13.2. The van der Waals surface area contributed by atoms with Gasteiger partial charge in [-0.3, -0.25) is 0 Å². The summed E-state index contributed by atoms with van der Waals surface area (Å²) in [5.41, 5.74) is 11.4. The first kappa shape index (κ1) is 28.6. The van der Waals surface area contributed by atoms with Crippen LogP contribution in [0.15, 0.2) is 95.2 Å². The van der Waals surface area contributed by atoms with Gasteiger partial charge in [0.25, 0.3) is 0 Å². The van der Waals surface area contributed by atoms with Gasteiger partial charge in [-0.05, 0) is 84.6 Å². The molecular formula is C28H23Br5N2O2. The Kier molecular flexibility index (Phi) is 9.80. The van der Waals surface area contributed by atoms with E-state index in [-0.39, 0.29) is 17.8 Å². The summed E-state index contributed by atoms with van der Waals surface area (Å²) in [6.45, 7) is 0. The Labute approximate surface area is 258 Å². The van der Waals surface area contributed by atoms with E-state index in [2.05, 4.69) is 97.1 Å². The first-order chi connectivity index (χ1) is 17.6. The SMILES string of the molecule is N[C@H](Cc1cc(Br)ccc1Br)c1ccc(Br)cc1O.Oc1cc(Br)ccc1[C@H]1Cc2cc(Br)ccc2N1. The van der Waals surface area contributed by atoms with Crippen molar-refractivity contribution in [2.75, 3.05) is 5.32 Å². The molecule has 1 aliphatic heterocycles. The Hall–Kier alpha value is -1.36. The summed E-state index contributed by atoms with van der Waals surface area (Å²) in [6.07, 6.45) is 1.54. The number of nitrogens with two attached hydrogens (primary N) is 1. The molecule has 0 aliphatic carbocycles. The average molecular weight is 819 g/mol. The lowest BCUT2D eigenvalue weighted by Gasteiger charge is -2.15. The lowest BCUT2D eigenvalue weighted by atomic mass is 9.99. The summed E-state index contributed by atoms with van der Waals surface area (Å²) >= 11 is 17.1. The quantitative estimate of drug-likeness (QED) is 0.166. The molecule has 1 heterocycles. The molecule has 5 N–H and O–H groups in total. The predicted molar refractivity (Wildman–Crippen MR) is 168 cm³/mol. The smallest absolute Gasteiger partial charge is 0.121 e. The highest BCUT2D eigenvalue weighted by Gasteiger charge is 2.24. The van der Waals surface area contributed by atoms with Crippen LogP contribution in [-0.4, -0.2) is 10.2 Å². The molecule has 37 heavy (non-hydrogen) atoms. The zero-order chi connectivity index (χ0) is 26.7. The number of hydrogen-bond acceptors (Lipinski definition) is 4. The molecule has 0 amide bonds. The maximum atomic E-state index is 10.0. The van der Waals surface area contributed by atoms with E-state index in [0.29, 0.717) is 12.2 Å². The first-order valence-electron chi connectivity index (χ1n) is 11.3. The van der Waals surface area contributed by atoms with Crippen LogP contribution < -0.4 is 11.1 Å². The maximum Gasteiger partial charge on any atom is 0.121 e. The number of fused-ring (bicyclic) bond motifs is 1. The van der Waals surface area contributed by atoms with E-state index in [4.69, 9.17) is 5.73 Å². The number of anilines is 1. The number of phenols is 2. The molecule has 5 rings (SSSR count). The van der Waals surface area contributed by atoms with Gasteiger partial charge in [0.1, 0.15) is 11.5 Å². The van der Waals surface area contributed by atoms with E-state index in [9.17, 15) is 10.2 Å². The van der Waals surface area contributed by atoms with Crippen LogP contribution in [0.25, 0.3) is 0 Å².